The van der Waals surface area contributed by atoms with Crippen LogP contribution in [0, 0.1) is 0 Å². The topological polar surface area (TPSA) is 74.0 Å². The van der Waals surface area contributed by atoms with E-state index in [1.54, 1.807) is 0 Å². The smallest absolute Gasteiger partial charge is 0.269 e. The fourth-order valence-electron chi connectivity index (χ4n) is 2.37. The molecule has 3 aromatic rings. The third kappa shape index (κ3) is 3.65. The van der Waals surface area contributed by atoms with E-state index >= 15 is 0 Å². The SMILES string of the molecule is O=C(CNC(=O)c1[nH]c2ccccc2c1Br)NCc1ccccc1. The van der Waals surface area contributed by atoms with Crippen LogP contribution in [0.4, 0.5) is 0 Å². The molecular weight excluding hydrogens is 370 g/mol. The molecule has 0 atom stereocenters. The maximum atomic E-state index is 12.3. The Bertz CT molecular complexity index is 874. The lowest BCUT2D eigenvalue weighted by molar-refractivity contribution is -0.120. The zero-order valence-corrected chi connectivity index (χ0v) is 14.4. The third-order valence-corrected chi connectivity index (χ3v) is 4.44. The van der Waals surface area contributed by atoms with Crippen molar-refractivity contribution in [2.24, 2.45) is 0 Å². The molecule has 1 aromatic heterocycles. The van der Waals surface area contributed by atoms with Gasteiger partial charge in [0.1, 0.15) is 5.69 Å². The molecule has 0 saturated heterocycles. The minimum atomic E-state index is -0.326. The zero-order valence-electron chi connectivity index (χ0n) is 12.8. The van der Waals surface area contributed by atoms with Crippen LogP contribution in [0.3, 0.4) is 0 Å². The van der Waals surface area contributed by atoms with Crippen molar-refractivity contribution in [3.8, 4) is 0 Å². The zero-order chi connectivity index (χ0) is 16.9. The molecule has 0 aliphatic heterocycles. The molecule has 0 radical (unpaired) electrons. The summed E-state index contributed by atoms with van der Waals surface area (Å²) in [6.45, 7) is 0.360. The number of rotatable bonds is 5. The number of carbonyl (C=O) groups is 2. The Morgan fingerprint density at radius 3 is 2.42 bits per heavy atom. The monoisotopic (exact) mass is 385 g/mol. The van der Waals surface area contributed by atoms with Crippen molar-refractivity contribution in [3.05, 3.63) is 70.3 Å². The number of fused-ring (bicyclic) bond motifs is 1. The van der Waals surface area contributed by atoms with E-state index < -0.39 is 0 Å². The predicted octanol–water partition coefficient (Wildman–Crippen LogP) is 2.98. The van der Waals surface area contributed by atoms with Crippen molar-refractivity contribution in [1.82, 2.24) is 15.6 Å². The number of aromatic amines is 1. The second-order valence-corrected chi connectivity index (χ2v) is 6.10. The van der Waals surface area contributed by atoms with Crippen LogP contribution < -0.4 is 10.6 Å². The van der Waals surface area contributed by atoms with Gasteiger partial charge in [0.05, 0.1) is 11.0 Å². The highest BCUT2D eigenvalue weighted by Gasteiger charge is 2.16. The number of H-pyrrole nitrogens is 1. The van der Waals surface area contributed by atoms with E-state index in [4.69, 9.17) is 0 Å². The molecular formula is C18H16BrN3O2. The lowest BCUT2D eigenvalue weighted by atomic mass is 10.2. The highest BCUT2D eigenvalue weighted by Crippen LogP contribution is 2.27. The molecule has 2 aromatic carbocycles. The first-order valence-corrected chi connectivity index (χ1v) is 8.29. The molecule has 0 fully saturated rings. The van der Waals surface area contributed by atoms with E-state index in [1.165, 1.54) is 0 Å². The van der Waals surface area contributed by atoms with Crippen molar-refractivity contribution < 1.29 is 9.59 Å². The van der Waals surface area contributed by atoms with Crippen LogP contribution in [0.15, 0.2) is 59.1 Å². The van der Waals surface area contributed by atoms with Gasteiger partial charge in [-0.15, -0.1) is 0 Å². The van der Waals surface area contributed by atoms with Crippen LogP contribution in [0.2, 0.25) is 0 Å². The number of benzene rings is 2. The van der Waals surface area contributed by atoms with Gasteiger partial charge >= 0.3 is 0 Å². The Labute approximate surface area is 147 Å². The van der Waals surface area contributed by atoms with E-state index in [0.717, 1.165) is 16.5 Å². The van der Waals surface area contributed by atoms with Crippen LogP contribution >= 0.6 is 15.9 Å². The normalized spacial score (nSPS) is 10.5. The molecule has 1 heterocycles. The minimum absolute atomic E-state index is 0.0759. The maximum Gasteiger partial charge on any atom is 0.269 e. The molecule has 6 heteroatoms. The highest BCUT2D eigenvalue weighted by atomic mass is 79.9. The number of nitrogens with one attached hydrogen (secondary N) is 3. The van der Waals surface area contributed by atoms with E-state index in [9.17, 15) is 9.59 Å². The fourth-order valence-corrected chi connectivity index (χ4v) is 3.00. The van der Waals surface area contributed by atoms with Crippen LogP contribution in [-0.4, -0.2) is 23.3 Å². The summed E-state index contributed by atoms with van der Waals surface area (Å²) >= 11 is 3.43. The molecule has 3 N–H and O–H groups in total. The van der Waals surface area contributed by atoms with Crippen LogP contribution in [-0.2, 0) is 11.3 Å². The minimum Gasteiger partial charge on any atom is -0.350 e. The number of amides is 2. The molecule has 0 unspecified atom stereocenters. The van der Waals surface area contributed by atoms with Gasteiger partial charge in [0.2, 0.25) is 5.91 Å². The van der Waals surface area contributed by atoms with E-state index in [1.807, 2.05) is 54.6 Å². The summed E-state index contributed by atoms with van der Waals surface area (Å²) in [6, 6.07) is 17.2. The Balaban J connectivity index is 1.56. The lowest BCUT2D eigenvalue weighted by Crippen LogP contribution is -2.36. The molecule has 0 bridgehead atoms. The van der Waals surface area contributed by atoms with Gasteiger partial charge in [-0.25, -0.2) is 0 Å². The van der Waals surface area contributed by atoms with E-state index in [2.05, 4.69) is 31.5 Å². The first-order chi connectivity index (χ1) is 11.6. The molecule has 5 nitrogen and oxygen atoms in total. The molecule has 24 heavy (non-hydrogen) atoms. The number of aromatic nitrogens is 1. The van der Waals surface area contributed by atoms with Gasteiger partial charge < -0.3 is 15.6 Å². The first-order valence-electron chi connectivity index (χ1n) is 7.50. The average Bonchev–Trinajstić information content (AvgIpc) is 2.96. The van der Waals surface area contributed by atoms with E-state index in [-0.39, 0.29) is 18.4 Å². The standard InChI is InChI=1S/C18H16BrN3O2/c19-16-13-8-4-5-9-14(13)22-17(16)18(24)21-11-15(23)20-10-12-6-2-1-3-7-12/h1-9,22H,10-11H2,(H,20,23)(H,21,24). The quantitative estimate of drug-likeness (QED) is 0.631. The summed E-state index contributed by atoms with van der Waals surface area (Å²) in [5, 5.41) is 6.32. The Kier molecular flexibility index (Phi) is 4.96. The molecule has 2 amide bonds. The first kappa shape index (κ1) is 16.3. The van der Waals surface area contributed by atoms with Crippen LogP contribution in [0.1, 0.15) is 16.1 Å². The molecule has 3 rings (SSSR count). The molecule has 122 valence electrons. The van der Waals surface area contributed by atoms with Crippen molar-refractivity contribution in [3.63, 3.8) is 0 Å². The van der Waals surface area contributed by atoms with Gasteiger partial charge in [-0.2, -0.15) is 0 Å². The average molecular weight is 386 g/mol. The lowest BCUT2D eigenvalue weighted by Gasteiger charge is -2.06. The molecule has 0 aliphatic rings. The van der Waals surface area contributed by atoms with Gasteiger partial charge in [-0.1, -0.05) is 48.5 Å². The summed E-state index contributed by atoms with van der Waals surface area (Å²) in [5.74, 6) is -0.563. The Morgan fingerprint density at radius 1 is 0.958 bits per heavy atom. The van der Waals surface area contributed by atoms with Gasteiger partial charge in [-0.3, -0.25) is 9.59 Å². The molecule has 0 saturated carbocycles. The number of para-hydroxylation sites is 1. The summed E-state index contributed by atoms with van der Waals surface area (Å²) < 4.78 is 0.695. The van der Waals surface area contributed by atoms with Crippen LogP contribution in [0.25, 0.3) is 10.9 Å². The number of halogens is 1. The maximum absolute atomic E-state index is 12.3. The fraction of sp³-hybridized carbons (Fsp3) is 0.111. The third-order valence-electron chi connectivity index (χ3n) is 3.61. The van der Waals surface area contributed by atoms with Crippen LogP contribution in [0.5, 0.6) is 0 Å². The van der Waals surface area contributed by atoms with Crippen molar-refractivity contribution in [1.29, 1.82) is 0 Å². The predicted molar refractivity (Wildman–Crippen MR) is 96.6 cm³/mol. The second kappa shape index (κ2) is 7.31. The summed E-state index contributed by atoms with van der Waals surface area (Å²) in [4.78, 5) is 27.2. The van der Waals surface area contributed by atoms with Crippen molar-refractivity contribution in [2.45, 2.75) is 6.54 Å². The van der Waals surface area contributed by atoms with Gasteiger partial charge in [0.15, 0.2) is 0 Å². The second-order valence-electron chi connectivity index (χ2n) is 5.30. The Morgan fingerprint density at radius 2 is 1.67 bits per heavy atom. The molecule has 0 spiro atoms. The van der Waals surface area contributed by atoms with Crippen molar-refractivity contribution in [2.75, 3.05) is 6.54 Å². The summed E-state index contributed by atoms with van der Waals surface area (Å²) in [6.07, 6.45) is 0. The highest BCUT2D eigenvalue weighted by molar-refractivity contribution is 9.10. The van der Waals surface area contributed by atoms with Gasteiger partial charge in [0, 0.05) is 17.4 Å². The Hall–Kier alpha value is -2.60. The summed E-state index contributed by atoms with van der Waals surface area (Å²) in [5.41, 5.74) is 2.28. The molecule has 0 aliphatic carbocycles. The van der Waals surface area contributed by atoms with Gasteiger partial charge in [0.25, 0.3) is 5.91 Å². The van der Waals surface area contributed by atoms with Crippen molar-refractivity contribution >= 4 is 38.6 Å². The number of hydrogen-bond acceptors (Lipinski definition) is 2. The number of carbonyl (C=O) groups excluding carboxylic acids is 2. The largest absolute Gasteiger partial charge is 0.350 e. The van der Waals surface area contributed by atoms with Gasteiger partial charge in [-0.05, 0) is 27.6 Å². The number of hydrogen-bond donors (Lipinski definition) is 3. The summed E-state index contributed by atoms with van der Waals surface area (Å²) in [7, 11) is 0. The van der Waals surface area contributed by atoms with E-state index in [0.29, 0.717) is 16.7 Å².